The number of nitrogens with one attached hydrogen (secondary N) is 1. The Morgan fingerprint density at radius 1 is 1.19 bits per heavy atom. The highest BCUT2D eigenvalue weighted by atomic mass is 32.1. The summed E-state index contributed by atoms with van der Waals surface area (Å²) in [7, 11) is 0. The highest BCUT2D eigenvalue weighted by Crippen LogP contribution is 2.22. The number of thiophene rings is 1. The summed E-state index contributed by atoms with van der Waals surface area (Å²) in [5.41, 5.74) is 2.95. The summed E-state index contributed by atoms with van der Waals surface area (Å²) in [6.07, 6.45) is 6.47. The Morgan fingerprint density at radius 2 is 2.05 bits per heavy atom. The lowest BCUT2D eigenvalue weighted by Crippen LogP contribution is -2.26. The van der Waals surface area contributed by atoms with E-state index in [1.807, 2.05) is 11.3 Å². The lowest BCUT2D eigenvalue weighted by atomic mass is 9.92. The van der Waals surface area contributed by atoms with Gasteiger partial charge in [0.05, 0.1) is 0 Å². The van der Waals surface area contributed by atoms with Crippen LogP contribution < -0.4 is 5.32 Å². The second-order valence-corrected chi connectivity index (χ2v) is 7.33. The van der Waals surface area contributed by atoms with Crippen molar-refractivity contribution in [1.29, 1.82) is 0 Å². The van der Waals surface area contributed by atoms with Crippen molar-refractivity contribution in [2.24, 2.45) is 5.92 Å². The number of benzene rings is 1. The molecule has 0 aliphatic heterocycles. The normalized spacial score (nSPS) is 16.0. The summed E-state index contributed by atoms with van der Waals surface area (Å²) >= 11 is 1.89. The van der Waals surface area contributed by atoms with E-state index in [2.05, 4.69) is 54.0 Å². The smallest absolute Gasteiger partial charge is 0.00683 e. The average molecular weight is 299 g/mol. The van der Waals surface area contributed by atoms with Gasteiger partial charge in [-0.3, -0.25) is 0 Å². The molecular weight excluding hydrogens is 274 g/mol. The maximum Gasteiger partial charge on any atom is 0.00683 e. The fourth-order valence-corrected chi connectivity index (χ4v) is 3.57. The van der Waals surface area contributed by atoms with Gasteiger partial charge in [0.15, 0.2) is 0 Å². The van der Waals surface area contributed by atoms with E-state index in [0.717, 1.165) is 12.0 Å². The molecule has 1 unspecified atom stereocenters. The molecule has 0 spiro atoms. The molecule has 3 rings (SSSR count). The minimum Gasteiger partial charge on any atom is -0.314 e. The van der Waals surface area contributed by atoms with Gasteiger partial charge in [0.2, 0.25) is 0 Å². The largest absolute Gasteiger partial charge is 0.314 e. The van der Waals surface area contributed by atoms with Gasteiger partial charge in [-0.05, 0) is 74.1 Å². The molecule has 1 aliphatic carbocycles. The first-order valence-corrected chi connectivity index (χ1v) is 8.99. The lowest BCUT2D eigenvalue weighted by molar-refractivity contribution is 0.442. The topological polar surface area (TPSA) is 12.0 Å². The highest BCUT2D eigenvalue weighted by molar-refractivity contribution is 7.09. The molecule has 1 nitrogen and oxygen atoms in total. The monoisotopic (exact) mass is 299 g/mol. The maximum atomic E-state index is 3.73. The maximum absolute atomic E-state index is 3.73. The Kier molecular flexibility index (Phi) is 5.10. The van der Waals surface area contributed by atoms with Gasteiger partial charge in [-0.25, -0.2) is 0 Å². The predicted octanol–water partition coefficient (Wildman–Crippen LogP) is 4.60. The van der Waals surface area contributed by atoms with Gasteiger partial charge in [0.1, 0.15) is 0 Å². The molecule has 1 heterocycles. The van der Waals surface area contributed by atoms with Gasteiger partial charge in [-0.15, -0.1) is 11.3 Å². The van der Waals surface area contributed by atoms with Crippen molar-refractivity contribution in [3.8, 4) is 0 Å². The minimum atomic E-state index is 0.744. The molecule has 2 heteroatoms. The molecule has 1 atom stereocenters. The molecule has 2 aromatic rings. The molecule has 0 amide bonds. The minimum absolute atomic E-state index is 0.744. The van der Waals surface area contributed by atoms with Crippen LogP contribution >= 0.6 is 11.3 Å². The van der Waals surface area contributed by atoms with Crippen molar-refractivity contribution in [2.75, 3.05) is 6.54 Å². The quantitative estimate of drug-likeness (QED) is 0.751. The molecule has 0 saturated heterocycles. The van der Waals surface area contributed by atoms with Crippen molar-refractivity contribution in [1.82, 2.24) is 5.32 Å². The molecule has 0 bridgehead atoms. The molecule has 1 aromatic carbocycles. The van der Waals surface area contributed by atoms with Gasteiger partial charge in [-0.2, -0.15) is 0 Å². The molecule has 1 fully saturated rings. The molecular formula is C19H25NS. The van der Waals surface area contributed by atoms with Gasteiger partial charge in [0, 0.05) is 10.9 Å². The number of hydrogen-bond acceptors (Lipinski definition) is 2. The van der Waals surface area contributed by atoms with Gasteiger partial charge in [0.25, 0.3) is 0 Å². The lowest BCUT2D eigenvalue weighted by Gasteiger charge is -2.18. The zero-order valence-corrected chi connectivity index (χ0v) is 13.7. The van der Waals surface area contributed by atoms with Crippen molar-refractivity contribution in [2.45, 2.75) is 45.1 Å². The Bertz CT molecular complexity index is 542. The first kappa shape index (κ1) is 14.8. The molecule has 112 valence electrons. The van der Waals surface area contributed by atoms with Crippen LogP contribution in [-0.4, -0.2) is 12.6 Å². The third-order valence-corrected chi connectivity index (χ3v) is 5.36. The first-order valence-electron chi connectivity index (χ1n) is 8.11. The van der Waals surface area contributed by atoms with E-state index in [0.29, 0.717) is 0 Å². The van der Waals surface area contributed by atoms with Crippen LogP contribution in [0.3, 0.4) is 0 Å². The van der Waals surface area contributed by atoms with Gasteiger partial charge >= 0.3 is 0 Å². The summed E-state index contributed by atoms with van der Waals surface area (Å²) in [4.78, 5) is 1.52. The van der Waals surface area contributed by atoms with E-state index in [9.17, 15) is 0 Å². The number of rotatable bonds is 8. The summed E-state index contributed by atoms with van der Waals surface area (Å²) in [5.74, 6) is 0.744. The fraction of sp³-hybridized carbons (Fsp3) is 0.474. The van der Waals surface area contributed by atoms with Crippen LogP contribution in [0.25, 0.3) is 0 Å². The van der Waals surface area contributed by atoms with Crippen LogP contribution in [0.15, 0.2) is 41.8 Å². The zero-order chi connectivity index (χ0) is 14.5. The van der Waals surface area contributed by atoms with Crippen LogP contribution in [0.5, 0.6) is 0 Å². The van der Waals surface area contributed by atoms with Crippen LogP contribution in [0.4, 0.5) is 0 Å². The van der Waals surface area contributed by atoms with E-state index in [1.54, 1.807) is 0 Å². The Labute approximate surface area is 132 Å². The summed E-state index contributed by atoms with van der Waals surface area (Å²) in [5, 5.41) is 5.92. The molecule has 1 aromatic heterocycles. The standard InChI is InChI=1S/C19H25NS/c1-15-5-2-3-6-17(15)13-16(14-20-18-9-10-18)8-11-19-7-4-12-21-19/h2-7,12,16,18,20H,8-11,13-14H2,1H3. The number of aryl methyl sites for hydroxylation is 2. The zero-order valence-electron chi connectivity index (χ0n) is 12.8. The molecule has 0 radical (unpaired) electrons. The Hall–Kier alpha value is -1.12. The van der Waals surface area contributed by atoms with E-state index < -0.39 is 0 Å². The second-order valence-electron chi connectivity index (χ2n) is 6.30. The van der Waals surface area contributed by atoms with Crippen LogP contribution in [0.2, 0.25) is 0 Å². The van der Waals surface area contributed by atoms with Crippen LogP contribution in [0, 0.1) is 12.8 Å². The van der Waals surface area contributed by atoms with Gasteiger partial charge in [-0.1, -0.05) is 30.3 Å². The van der Waals surface area contributed by atoms with Crippen molar-refractivity contribution in [3.05, 3.63) is 57.8 Å². The van der Waals surface area contributed by atoms with E-state index in [4.69, 9.17) is 0 Å². The van der Waals surface area contributed by atoms with Crippen molar-refractivity contribution < 1.29 is 0 Å². The third kappa shape index (κ3) is 4.69. The number of hydrogen-bond donors (Lipinski definition) is 1. The third-order valence-electron chi connectivity index (χ3n) is 4.42. The summed E-state index contributed by atoms with van der Waals surface area (Å²) < 4.78 is 0. The van der Waals surface area contributed by atoms with E-state index >= 15 is 0 Å². The Morgan fingerprint density at radius 3 is 2.76 bits per heavy atom. The van der Waals surface area contributed by atoms with E-state index in [1.165, 1.54) is 54.7 Å². The summed E-state index contributed by atoms with van der Waals surface area (Å²) in [6.45, 7) is 3.41. The molecule has 1 N–H and O–H groups in total. The predicted molar refractivity (Wildman–Crippen MR) is 92.0 cm³/mol. The van der Waals surface area contributed by atoms with Crippen molar-refractivity contribution in [3.63, 3.8) is 0 Å². The molecule has 1 aliphatic rings. The first-order chi connectivity index (χ1) is 10.3. The SMILES string of the molecule is Cc1ccccc1CC(CCc1cccs1)CNC1CC1. The van der Waals surface area contributed by atoms with Crippen LogP contribution in [0.1, 0.15) is 35.3 Å². The van der Waals surface area contributed by atoms with Gasteiger partial charge < -0.3 is 5.32 Å². The highest BCUT2D eigenvalue weighted by Gasteiger charge is 2.22. The average Bonchev–Trinajstić information content (AvgIpc) is 3.18. The fourth-order valence-electron chi connectivity index (χ4n) is 2.85. The molecule has 1 saturated carbocycles. The van der Waals surface area contributed by atoms with E-state index in [-0.39, 0.29) is 0 Å². The Balaban J connectivity index is 1.58. The summed E-state index contributed by atoms with van der Waals surface area (Å²) in [6, 6.07) is 14.1. The second kappa shape index (κ2) is 7.24. The molecule has 21 heavy (non-hydrogen) atoms. The van der Waals surface area contributed by atoms with Crippen molar-refractivity contribution >= 4 is 11.3 Å². The van der Waals surface area contributed by atoms with Crippen LogP contribution in [-0.2, 0) is 12.8 Å².